The van der Waals surface area contributed by atoms with Gasteiger partial charge in [0.15, 0.2) is 0 Å². The summed E-state index contributed by atoms with van der Waals surface area (Å²) >= 11 is 0. The van der Waals surface area contributed by atoms with E-state index in [1.807, 2.05) is 18.2 Å². The topological polar surface area (TPSA) is 21.7 Å². The first-order valence-corrected chi connectivity index (χ1v) is 7.77. The molecule has 4 heteroatoms. The van der Waals surface area contributed by atoms with Gasteiger partial charge in [-0.15, -0.1) is 0 Å². The maximum atomic E-state index is 6.09. The lowest BCUT2D eigenvalue weighted by atomic mass is 9.78. The molecule has 0 radical (unpaired) electrons. The average molecular weight is 275 g/mol. The van der Waals surface area contributed by atoms with Crippen molar-refractivity contribution in [3.63, 3.8) is 0 Å². The molecule has 1 aromatic rings. The van der Waals surface area contributed by atoms with Gasteiger partial charge in [0.25, 0.3) is 0 Å². The Bertz CT molecular complexity index is 373. The van der Waals surface area contributed by atoms with Gasteiger partial charge in [-0.1, -0.05) is 43.7 Å². The summed E-state index contributed by atoms with van der Waals surface area (Å²) in [4.78, 5) is 2.46. The maximum absolute atomic E-state index is 6.09. The van der Waals surface area contributed by atoms with E-state index in [2.05, 4.69) is 37.8 Å². The Kier molecular flexibility index (Phi) is 6.08. The van der Waals surface area contributed by atoms with Gasteiger partial charge in [-0.2, -0.15) is 0 Å². The Balaban J connectivity index is 2.00. The predicted octanol–water partition coefficient (Wildman–Crippen LogP) is 2.31. The zero-order chi connectivity index (χ0) is 14.4. The third kappa shape index (κ3) is 4.62. The lowest BCUT2D eigenvalue weighted by Crippen LogP contribution is -2.50. The summed E-state index contributed by atoms with van der Waals surface area (Å²) in [6.45, 7) is 9.60. The Morgan fingerprint density at radius 2 is 1.70 bits per heavy atom. The molecule has 1 heterocycles. The van der Waals surface area contributed by atoms with Crippen molar-refractivity contribution in [3.8, 4) is 0 Å². The molecule has 1 aliphatic rings. The Labute approximate surface area is 123 Å². The molecule has 0 N–H and O–H groups in total. The number of nitrogens with zero attached hydrogens (tertiary/aromatic N) is 1. The quantitative estimate of drug-likeness (QED) is 0.787. The highest BCUT2D eigenvalue weighted by molar-refractivity contribution is 6.61. The van der Waals surface area contributed by atoms with E-state index in [1.165, 1.54) is 12.8 Å². The van der Waals surface area contributed by atoms with Gasteiger partial charge < -0.3 is 9.31 Å². The lowest BCUT2D eigenvalue weighted by Gasteiger charge is -2.34. The van der Waals surface area contributed by atoms with E-state index >= 15 is 0 Å². The van der Waals surface area contributed by atoms with Crippen molar-refractivity contribution < 1.29 is 9.31 Å². The Morgan fingerprint density at radius 3 is 2.25 bits per heavy atom. The molecule has 2 unspecified atom stereocenters. The number of rotatable bonds is 4. The SMILES string of the molecule is CCCCN1CC(C)OB(c2ccccc2)OC(C)C1. The van der Waals surface area contributed by atoms with Crippen molar-refractivity contribution in [2.75, 3.05) is 19.6 Å². The molecule has 2 atom stereocenters. The van der Waals surface area contributed by atoms with E-state index in [4.69, 9.17) is 9.31 Å². The normalized spacial score (nSPS) is 25.2. The summed E-state index contributed by atoms with van der Waals surface area (Å²) in [5.41, 5.74) is 1.10. The molecule has 0 spiro atoms. The minimum Gasteiger partial charge on any atom is -0.403 e. The summed E-state index contributed by atoms with van der Waals surface area (Å²) in [7, 11) is -0.241. The first kappa shape index (κ1) is 15.6. The van der Waals surface area contributed by atoms with Gasteiger partial charge in [-0.05, 0) is 32.3 Å². The largest absolute Gasteiger partial charge is 0.494 e. The van der Waals surface area contributed by atoms with E-state index in [1.54, 1.807) is 0 Å². The van der Waals surface area contributed by atoms with Gasteiger partial charge in [-0.25, -0.2) is 0 Å². The van der Waals surface area contributed by atoms with E-state index in [9.17, 15) is 0 Å². The minimum atomic E-state index is -0.241. The molecule has 0 bridgehead atoms. The average Bonchev–Trinajstić information content (AvgIpc) is 2.43. The molecule has 1 saturated heterocycles. The van der Waals surface area contributed by atoms with Crippen LogP contribution in [0.25, 0.3) is 0 Å². The second-order valence-electron chi connectivity index (χ2n) is 5.75. The molecule has 0 amide bonds. The Hall–Kier alpha value is -0.835. The zero-order valence-electron chi connectivity index (χ0n) is 12.9. The molecular weight excluding hydrogens is 249 g/mol. The molecule has 1 fully saturated rings. The number of benzene rings is 1. The maximum Gasteiger partial charge on any atom is 0.494 e. The molecule has 1 aromatic carbocycles. The van der Waals surface area contributed by atoms with Crippen molar-refractivity contribution in [3.05, 3.63) is 30.3 Å². The monoisotopic (exact) mass is 275 g/mol. The zero-order valence-corrected chi connectivity index (χ0v) is 12.9. The van der Waals surface area contributed by atoms with Crippen LogP contribution in [0.3, 0.4) is 0 Å². The summed E-state index contributed by atoms with van der Waals surface area (Å²) in [5.74, 6) is 0. The van der Waals surface area contributed by atoms with Crippen molar-refractivity contribution in [2.24, 2.45) is 0 Å². The highest BCUT2D eigenvalue weighted by Crippen LogP contribution is 2.11. The van der Waals surface area contributed by atoms with Crippen LogP contribution in [0, 0.1) is 0 Å². The van der Waals surface area contributed by atoms with Gasteiger partial charge in [-0.3, -0.25) is 4.90 Å². The van der Waals surface area contributed by atoms with Crippen LogP contribution in [-0.4, -0.2) is 43.9 Å². The van der Waals surface area contributed by atoms with Gasteiger partial charge in [0.2, 0.25) is 0 Å². The summed E-state index contributed by atoms with van der Waals surface area (Å²) in [6.07, 6.45) is 2.84. The molecule has 0 saturated carbocycles. The van der Waals surface area contributed by atoms with Gasteiger partial charge in [0, 0.05) is 13.1 Å². The van der Waals surface area contributed by atoms with Crippen LogP contribution < -0.4 is 5.46 Å². The molecule has 1 aliphatic heterocycles. The van der Waals surface area contributed by atoms with Crippen LogP contribution in [0.1, 0.15) is 33.6 Å². The van der Waals surface area contributed by atoms with Crippen molar-refractivity contribution in [1.29, 1.82) is 0 Å². The van der Waals surface area contributed by atoms with E-state index in [0.29, 0.717) is 0 Å². The fourth-order valence-electron chi connectivity index (χ4n) is 2.67. The molecule has 2 rings (SSSR count). The van der Waals surface area contributed by atoms with Crippen molar-refractivity contribution >= 4 is 12.6 Å². The molecule has 110 valence electrons. The summed E-state index contributed by atoms with van der Waals surface area (Å²) < 4.78 is 12.2. The number of hydrogen-bond acceptors (Lipinski definition) is 3. The fraction of sp³-hybridized carbons (Fsp3) is 0.625. The summed E-state index contributed by atoms with van der Waals surface area (Å²) in [6, 6.07) is 10.2. The van der Waals surface area contributed by atoms with Crippen molar-refractivity contribution in [1.82, 2.24) is 4.90 Å². The van der Waals surface area contributed by atoms with Gasteiger partial charge in [0.1, 0.15) is 0 Å². The van der Waals surface area contributed by atoms with Gasteiger partial charge >= 0.3 is 7.12 Å². The van der Waals surface area contributed by atoms with Crippen LogP contribution >= 0.6 is 0 Å². The molecular formula is C16H26BNO2. The predicted molar refractivity (Wildman–Crippen MR) is 84.3 cm³/mol. The van der Waals surface area contributed by atoms with Crippen LogP contribution in [-0.2, 0) is 9.31 Å². The summed E-state index contributed by atoms with van der Waals surface area (Å²) in [5, 5.41) is 0. The first-order valence-electron chi connectivity index (χ1n) is 7.77. The first-order chi connectivity index (χ1) is 9.69. The molecule has 3 nitrogen and oxygen atoms in total. The molecule has 0 aromatic heterocycles. The van der Waals surface area contributed by atoms with E-state index < -0.39 is 0 Å². The van der Waals surface area contributed by atoms with E-state index in [-0.39, 0.29) is 19.3 Å². The highest BCUT2D eigenvalue weighted by Gasteiger charge is 2.30. The third-order valence-corrected chi connectivity index (χ3v) is 3.64. The number of unbranched alkanes of at least 4 members (excludes halogenated alkanes) is 1. The molecule has 20 heavy (non-hydrogen) atoms. The number of hydrogen-bond donors (Lipinski definition) is 0. The van der Waals surface area contributed by atoms with Gasteiger partial charge in [0.05, 0.1) is 12.2 Å². The highest BCUT2D eigenvalue weighted by atomic mass is 16.6. The van der Waals surface area contributed by atoms with E-state index in [0.717, 1.165) is 25.1 Å². The standard InChI is InChI=1S/C16H26BNO2/c1-4-5-11-18-12-14(2)19-17(20-15(3)13-18)16-9-7-6-8-10-16/h6-10,14-15H,4-5,11-13H2,1-3H3. The van der Waals surface area contributed by atoms with Crippen LogP contribution in [0.15, 0.2) is 30.3 Å². The van der Waals surface area contributed by atoms with Crippen molar-refractivity contribution in [2.45, 2.75) is 45.8 Å². The second kappa shape index (κ2) is 7.82. The van der Waals surface area contributed by atoms with Crippen LogP contribution in [0.5, 0.6) is 0 Å². The second-order valence-corrected chi connectivity index (χ2v) is 5.75. The smallest absolute Gasteiger partial charge is 0.403 e. The third-order valence-electron chi connectivity index (χ3n) is 3.64. The lowest BCUT2D eigenvalue weighted by molar-refractivity contribution is 0.0399. The van der Waals surface area contributed by atoms with Crippen LogP contribution in [0.2, 0.25) is 0 Å². The van der Waals surface area contributed by atoms with Crippen LogP contribution in [0.4, 0.5) is 0 Å². The Morgan fingerprint density at radius 1 is 1.10 bits per heavy atom. The fourth-order valence-corrected chi connectivity index (χ4v) is 2.67. The molecule has 0 aliphatic carbocycles. The minimum absolute atomic E-state index is 0.185.